The summed E-state index contributed by atoms with van der Waals surface area (Å²) in [4.78, 5) is 0.433. The van der Waals surface area contributed by atoms with Crippen molar-refractivity contribution in [2.45, 2.75) is 95.5 Å². The lowest BCUT2D eigenvalue weighted by atomic mass is 9.89. The number of sulfonamides is 1. The molecule has 0 aliphatic heterocycles. The summed E-state index contributed by atoms with van der Waals surface area (Å²) in [5, 5.41) is 3.77. The van der Waals surface area contributed by atoms with Crippen LogP contribution in [-0.2, 0) is 16.4 Å². The maximum absolute atomic E-state index is 14.7. The van der Waals surface area contributed by atoms with Gasteiger partial charge in [0.15, 0.2) is 0 Å². The number of hydrogen-bond acceptors (Lipinski definition) is 3. The SMILES string of the molecule is CC(C)c1cc(C(C)C)c(S(=O)(=O)N[C@@H](c2ccccc2)[C@@H](NCCCCc2ccccc2)c2ccccc2)c(C(C)C)c1. The zero-order valence-corrected chi connectivity index (χ0v) is 28.1. The molecular formula is C39H50N2O2S. The van der Waals surface area contributed by atoms with E-state index in [1.165, 1.54) is 11.1 Å². The van der Waals surface area contributed by atoms with Crippen LogP contribution in [0.3, 0.4) is 0 Å². The van der Waals surface area contributed by atoms with Crippen LogP contribution in [0, 0.1) is 0 Å². The molecule has 0 unspecified atom stereocenters. The molecule has 0 aliphatic carbocycles. The molecule has 0 amide bonds. The van der Waals surface area contributed by atoms with E-state index >= 15 is 0 Å². The van der Waals surface area contributed by atoms with Gasteiger partial charge in [-0.15, -0.1) is 0 Å². The van der Waals surface area contributed by atoms with Crippen molar-refractivity contribution in [3.63, 3.8) is 0 Å². The van der Waals surface area contributed by atoms with Gasteiger partial charge in [0.25, 0.3) is 0 Å². The van der Waals surface area contributed by atoms with E-state index < -0.39 is 16.1 Å². The fourth-order valence-corrected chi connectivity index (χ4v) is 7.79. The molecule has 0 saturated heterocycles. The Hall–Kier alpha value is -3.25. The molecule has 4 aromatic rings. The van der Waals surface area contributed by atoms with E-state index in [-0.39, 0.29) is 17.9 Å². The average molecular weight is 611 g/mol. The third-order valence-electron chi connectivity index (χ3n) is 8.38. The van der Waals surface area contributed by atoms with E-state index in [9.17, 15) is 8.42 Å². The van der Waals surface area contributed by atoms with Crippen LogP contribution in [0.5, 0.6) is 0 Å². The molecule has 0 aliphatic rings. The summed E-state index contributed by atoms with van der Waals surface area (Å²) >= 11 is 0. The Kier molecular flexibility index (Phi) is 12.0. The Bertz CT molecular complexity index is 1520. The third kappa shape index (κ3) is 8.68. The van der Waals surface area contributed by atoms with Gasteiger partial charge in [-0.2, -0.15) is 0 Å². The number of benzene rings is 4. The van der Waals surface area contributed by atoms with Crippen LogP contribution >= 0.6 is 0 Å². The van der Waals surface area contributed by atoms with E-state index in [0.29, 0.717) is 10.8 Å². The lowest BCUT2D eigenvalue weighted by Crippen LogP contribution is -2.39. The van der Waals surface area contributed by atoms with E-state index in [2.05, 4.69) is 100 Å². The van der Waals surface area contributed by atoms with Gasteiger partial charge in [0.1, 0.15) is 0 Å². The third-order valence-corrected chi connectivity index (χ3v) is 9.95. The Morgan fingerprint density at radius 3 is 1.52 bits per heavy atom. The molecule has 0 saturated carbocycles. The van der Waals surface area contributed by atoms with Crippen LogP contribution in [0.1, 0.15) is 118 Å². The first-order valence-corrected chi connectivity index (χ1v) is 17.6. The van der Waals surface area contributed by atoms with E-state index in [4.69, 9.17) is 0 Å². The first-order valence-electron chi connectivity index (χ1n) is 16.2. The zero-order chi connectivity index (χ0) is 31.7. The smallest absolute Gasteiger partial charge is 0.241 e. The summed E-state index contributed by atoms with van der Waals surface area (Å²) in [6, 6.07) is 34.2. The first kappa shape index (κ1) is 33.6. The molecular weight excluding hydrogens is 561 g/mol. The molecule has 0 bridgehead atoms. The summed E-state index contributed by atoms with van der Waals surface area (Å²) in [5.41, 5.74) is 6.25. The predicted octanol–water partition coefficient (Wildman–Crippen LogP) is 9.43. The van der Waals surface area contributed by atoms with Crippen molar-refractivity contribution in [1.82, 2.24) is 10.0 Å². The van der Waals surface area contributed by atoms with Gasteiger partial charge in [0.05, 0.1) is 17.0 Å². The average Bonchev–Trinajstić information content (AvgIpc) is 3.02. The van der Waals surface area contributed by atoms with E-state index in [1.807, 2.05) is 54.6 Å². The Balaban J connectivity index is 1.72. The maximum Gasteiger partial charge on any atom is 0.241 e. The topological polar surface area (TPSA) is 58.2 Å². The van der Waals surface area contributed by atoms with E-state index in [1.54, 1.807) is 0 Å². The first-order chi connectivity index (χ1) is 21.1. The maximum atomic E-state index is 14.7. The van der Waals surface area contributed by atoms with Gasteiger partial charge in [-0.3, -0.25) is 0 Å². The number of aryl methyl sites for hydroxylation is 1. The van der Waals surface area contributed by atoms with Crippen molar-refractivity contribution < 1.29 is 8.42 Å². The van der Waals surface area contributed by atoms with Crippen LogP contribution in [0.4, 0.5) is 0 Å². The summed E-state index contributed by atoms with van der Waals surface area (Å²) in [6.45, 7) is 13.4. The lowest BCUT2D eigenvalue weighted by molar-refractivity contribution is 0.417. The molecule has 234 valence electrons. The van der Waals surface area contributed by atoms with Crippen LogP contribution < -0.4 is 10.0 Å². The molecule has 4 nitrogen and oxygen atoms in total. The van der Waals surface area contributed by atoms with Crippen molar-refractivity contribution in [3.8, 4) is 0 Å². The van der Waals surface area contributed by atoms with Crippen LogP contribution in [0.25, 0.3) is 0 Å². The second-order valence-electron chi connectivity index (χ2n) is 12.8. The summed E-state index contributed by atoms with van der Waals surface area (Å²) < 4.78 is 32.6. The van der Waals surface area contributed by atoms with Gasteiger partial charge in [0.2, 0.25) is 10.0 Å². The zero-order valence-electron chi connectivity index (χ0n) is 27.3. The van der Waals surface area contributed by atoms with Crippen molar-refractivity contribution in [3.05, 3.63) is 137 Å². The second-order valence-corrected chi connectivity index (χ2v) is 14.4. The number of hydrogen-bond donors (Lipinski definition) is 2. The minimum Gasteiger partial charge on any atom is -0.308 e. The van der Waals surface area contributed by atoms with Gasteiger partial charge >= 0.3 is 0 Å². The van der Waals surface area contributed by atoms with Crippen molar-refractivity contribution >= 4 is 10.0 Å². The summed E-state index contributed by atoms with van der Waals surface area (Å²) in [7, 11) is -3.92. The molecule has 2 atom stereocenters. The number of rotatable bonds is 15. The van der Waals surface area contributed by atoms with Crippen molar-refractivity contribution in [2.24, 2.45) is 0 Å². The molecule has 4 rings (SSSR count). The monoisotopic (exact) mass is 610 g/mol. The highest BCUT2D eigenvalue weighted by Crippen LogP contribution is 2.37. The molecule has 0 aromatic heterocycles. The summed E-state index contributed by atoms with van der Waals surface area (Å²) in [6.07, 6.45) is 3.06. The predicted molar refractivity (Wildman–Crippen MR) is 185 cm³/mol. The largest absolute Gasteiger partial charge is 0.308 e. The highest BCUT2D eigenvalue weighted by molar-refractivity contribution is 7.89. The normalized spacial score (nSPS) is 13.5. The Morgan fingerprint density at radius 2 is 1.05 bits per heavy atom. The van der Waals surface area contributed by atoms with Crippen LogP contribution in [0.2, 0.25) is 0 Å². The Labute approximate surface area is 266 Å². The fraction of sp³-hybridized carbons (Fsp3) is 0.385. The highest BCUT2D eigenvalue weighted by Gasteiger charge is 2.33. The summed E-state index contributed by atoms with van der Waals surface area (Å²) in [5.74, 6) is 0.418. The standard InChI is InChI=1S/C39H50N2O2S/c1-28(2)34-26-35(29(3)4)39(36(27-34)30(5)6)44(42,43)41-38(33-23-14-9-15-24-33)37(32-21-12-8-13-22-32)40-25-17-16-20-31-18-10-7-11-19-31/h7-15,18-19,21-24,26-30,37-38,40-41H,16-17,20,25H2,1-6H3/t37-,38-/m0/s1. The quantitative estimate of drug-likeness (QED) is 0.132. The van der Waals surface area contributed by atoms with Crippen LogP contribution in [0.15, 0.2) is 108 Å². The highest BCUT2D eigenvalue weighted by atomic mass is 32.2. The molecule has 0 radical (unpaired) electrons. The van der Waals surface area contributed by atoms with Gasteiger partial charge in [-0.05, 0) is 76.9 Å². The lowest BCUT2D eigenvalue weighted by Gasteiger charge is -2.31. The van der Waals surface area contributed by atoms with Gasteiger partial charge in [-0.1, -0.05) is 145 Å². The molecule has 44 heavy (non-hydrogen) atoms. The minimum atomic E-state index is -3.92. The van der Waals surface area contributed by atoms with E-state index in [0.717, 1.165) is 48.1 Å². The van der Waals surface area contributed by atoms with Crippen molar-refractivity contribution in [2.75, 3.05) is 6.54 Å². The molecule has 0 heterocycles. The molecule has 4 aromatic carbocycles. The molecule has 0 spiro atoms. The number of nitrogens with one attached hydrogen (secondary N) is 2. The fourth-order valence-electron chi connectivity index (χ4n) is 5.86. The molecule has 0 fully saturated rings. The second kappa shape index (κ2) is 15.7. The number of unbranched alkanes of at least 4 members (excludes halogenated alkanes) is 1. The van der Waals surface area contributed by atoms with Gasteiger partial charge < -0.3 is 5.32 Å². The Morgan fingerprint density at radius 1 is 0.568 bits per heavy atom. The molecule has 5 heteroatoms. The van der Waals surface area contributed by atoms with Gasteiger partial charge in [-0.25, -0.2) is 13.1 Å². The van der Waals surface area contributed by atoms with Crippen molar-refractivity contribution in [1.29, 1.82) is 0 Å². The van der Waals surface area contributed by atoms with Gasteiger partial charge in [0, 0.05) is 0 Å². The molecule has 2 N–H and O–H groups in total. The van der Waals surface area contributed by atoms with Crippen LogP contribution in [-0.4, -0.2) is 15.0 Å². The minimum absolute atomic E-state index is 0.0561.